The zero-order valence-corrected chi connectivity index (χ0v) is 11.0. The van der Waals surface area contributed by atoms with E-state index in [0.717, 1.165) is 11.3 Å². The van der Waals surface area contributed by atoms with Gasteiger partial charge in [0.1, 0.15) is 0 Å². The molecule has 0 radical (unpaired) electrons. The van der Waals surface area contributed by atoms with Crippen molar-refractivity contribution >= 4 is 29.1 Å². The van der Waals surface area contributed by atoms with Crippen LogP contribution in [0.5, 0.6) is 0 Å². The van der Waals surface area contributed by atoms with Crippen molar-refractivity contribution in [2.24, 2.45) is 0 Å². The molecule has 0 aliphatic rings. The summed E-state index contributed by atoms with van der Waals surface area (Å²) in [7, 11) is 0. The third-order valence-electron chi connectivity index (χ3n) is 2.45. The normalized spacial score (nSPS) is 10.4. The molecule has 4 heteroatoms. The van der Waals surface area contributed by atoms with Crippen molar-refractivity contribution in [2.45, 2.75) is 16.9 Å². The molecule has 2 aromatic rings. The topological polar surface area (TPSA) is 37.3 Å². The molecule has 0 bridgehead atoms. The van der Waals surface area contributed by atoms with Crippen LogP contribution in [0, 0.1) is 6.92 Å². The molecule has 0 aliphatic carbocycles. The molecule has 0 unspecified atom stereocenters. The van der Waals surface area contributed by atoms with Crippen molar-refractivity contribution in [3.05, 3.63) is 52.4 Å². The molecular formula is C13H12O2S2. The van der Waals surface area contributed by atoms with E-state index >= 15 is 0 Å². The lowest BCUT2D eigenvalue weighted by molar-refractivity contribution is 0.0697. The fourth-order valence-electron chi connectivity index (χ4n) is 1.49. The molecular weight excluding hydrogens is 252 g/mol. The van der Waals surface area contributed by atoms with Gasteiger partial charge in [-0.15, -0.1) is 23.1 Å². The van der Waals surface area contributed by atoms with E-state index in [4.69, 9.17) is 5.11 Å². The second-order valence-electron chi connectivity index (χ2n) is 3.67. The molecule has 17 heavy (non-hydrogen) atoms. The Morgan fingerprint density at radius 1 is 1.41 bits per heavy atom. The predicted octanol–water partition coefficient (Wildman–Crippen LogP) is 4.05. The number of hydrogen-bond donors (Lipinski definition) is 1. The lowest BCUT2D eigenvalue weighted by Crippen LogP contribution is -1.98. The van der Waals surface area contributed by atoms with Gasteiger partial charge in [0.25, 0.3) is 0 Å². The Labute approximate surface area is 108 Å². The Bertz CT molecular complexity index is 518. The van der Waals surface area contributed by atoms with Gasteiger partial charge in [-0.25, -0.2) is 4.79 Å². The average molecular weight is 264 g/mol. The lowest BCUT2D eigenvalue weighted by Gasteiger charge is -2.05. The van der Waals surface area contributed by atoms with Crippen molar-refractivity contribution in [1.29, 1.82) is 0 Å². The van der Waals surface area contributed by atoms with E-state index in [0.29, 0.717) is 5.56 Å². The highest BCUT2D eigenvalue weighted by Gasteiger charge is 2.06. The number of aryl methyl sites for hydroxylation is 1. The van der Waals surface area contributed by atoms with Crippen LogP contribution >= 0.6 is 23.1 Å². The van der Waals surface area contributed by atoms with Gasteiger partial charge in [0.2, 0.25) is 0 Å². The van der Waals surface area contributed by atoms with Gasteiger partial charge in [-0.3, -0.25) is 0 Å². The van der Waals surface area contributed by atoms with Crippen LogP contribution in [0.4, 0.5) is 0 Å². The number of thiophene rings is 1. The summed E-state index contributed by atoms with van der Waals surface area (Å²) in [6.45, 7) is 1.96. The highest BCUT2D eigenvalue weighted by atomic mass is 32.2. The minimum absolute atomic E-state index is 0.354. The van der Waals surface area contributed by atoms with Crippen LogP contribution in [0.15, 0.2) is 39.9 Å². The molecule has 0 saturated heterocycles. The summed E-state index contributed by atoms with van der Waals surface area (Å²) < 4.78 is 1.28. The largest absolute Gasteiger partial charge is 0.478 e. The van der Waals surface area contributed by atoms with Crippen LogP contribution in [0.25, 0.3) is 0 Å². The number of thioether (sulfide) groups is 1. The summed E-state index contributed by atoms with van der Waals surface area (Å²) in [6.07, 6.45) is 0. The van der Waals surface area contributed by atoms with Gasteiger partial charge in [0, 0.05) is 5.75 Å². The number of carboxylic acid groups (broad SMARTS) is 1. The maximum absolute atomic E-state index is 10.8. The first-order chi connectivity index (χ1) is 8.16. The second-order valence-corrected chi connectivity index (χ2v) is 5.89. The van der Waals surface area contributed by atoms with Gasteiger partial charge in [-0.1, -0.05) is 12.1 Å². The van der Waals surface area contributed by atoms with Crippen molar-refractivity contribution in [1.82, 2.24) is 0 Å². The number of carbonyl (C=O) groups is 1. The van der Waals surface area contributed by atoms with Crippen LogP contribution < -0.4 is 0 Å². The predicted molar refractivity (Wildman–Crippen MR) is 72.0 cm³/mol. The van der Waals surface area contributed by atoms with E-state index in [1.807, 2.05) is 19.1 Å². The quantitative estimate of drug-likeness (QED) is 0.847. The van der Waals surface area contributed by atoms with Crippen molar-refractivity contribution in [3.8, 4) is 0 Å². The molecule has 1 aromatic heterocycles. The van der Waals surface area contributed by atoms with Crippen LogP contribution in [0.2, 0.25) is 0 Å². The minimum atomic E-state index is -0.870. The van der Waals surface area contributed by atoms with Crippen molar-refractivity contribution < 1.29 is 9.90 Å². The molecule has 0 spiro atoms. The van der Waals surface area contributed by atoms with Crippen LogP contribution in [-0.4, -0.2) is 11.1 Å². The Hall–Kier alpha value is -1.26. The number of benzene rings is 1. The van der Waals surface area contributed by atoms with Crippen LogP contribution in [-0.2, 0) is 5.75 Å². The molecule has 88 valence electrons. The number of carboxylic acids is 1. The fourth-order valence-corrected chi connectivity index (χ4v) is 3.35. The summed E-state index contributed by atoms with van der Waals surface area (Å²) in [5, 5.41) is 10.9. The zero-order valence-electron chi connectivity index (χ0n) is 9.34. The molecule has 0 amide bonds. The molecule has 1 aromatic carbocycles. The molecule has 2 nitrogen and oxygen atoms in total. The third-order valence-corrected chi connectivity index (χ3v) is 4.63. The van der Waals surface area contributed by atoms with E-state index in [1.165, 1.54) is 9.77 Å². The average Bonchev–Trinajstić information content (AvgIpc) is 2.80. The molecule has 1 N–H and O–H groups in total. The smallest absolute Gasteiger partial charge is 0.335 e. The Kier molecular flexibility index (Phi) is 3.86. The molecule has 1 heterocycles. The van der Waals surface area contributed by atoms with Gasteiger partial charge in [-0.2, -0.15) is 0 Å². The number of hydrogen-bond acceptors (Lipinski definition) is 3. The Morgan fingerprint density at radius 2 is 2.24 bits per heavy atom. The first-order valence-corrected chi connectivity index (χ1v) is 7.02. The SMILES string of the molecule is Cc1cc(C(=O)O)ccc1CSc1cccs1. The summed E-state index contributed by atoms with van der Waals surface area (Å²) >= 11 is 3.50. The monoisotopic (exact) mass is 264 g/mol. The van der Waals surface area contributed by atoms with E-state index in [1.54, 1.807) is 35.2 Å². The van der Waals surface area contributed by atoms with E-state index in [9.17, 15) is 4.79 Å². The number of rotatable bonds is 4. The third kappa shape index (κ3) is 3.11. The zero-order chi connectivity index (χ0) is 12.3. The van der Waals surface area contributed by atoms with Crippen LogP contribution in [0.1, 0.15) is 21.5 Å². The van der Waals surface area contributed by atoms with Gasteiger partial charge in [0.05, 0.1) is 9.77 Å². The Morgan fingerprint density at radius 3 is 2.82 bits per heavy atom. The standard InChI is InChI=1S/C13H12O2S2/c1-9-7-10(13(14)15)4-5-11(9)8-17-12-3-2-6-16-12/h2-7H,8H2,1H3,(H,14,15). The van der Waals surface area contributed by atoms with E-state index in [-0.39, 0.29) is 0 Å². The second kappa shape index (κ2) is 5.38. The Balaban J connectivity index is 2.09. The van der Waals surface area contributed by atoms with Crippen molar-refractivity contribution in [2.75, 3.05) is 0 Å². The van der Waals surface area contributed by atoms with Gasteiger partial charge < -0.3 is 5.11 Å². The molecule has 2 rings (SSSR count). The molecule has 0 saturated carbocycles. The van der Waals surface area contributed by atoms with Gasteiger partial charge >= 0.3 is 5.97 Å². The lowest BCUT2D eigenvalue weighted by atomic mass is 10.1. The first kappa shape index (κ1) is 12.2. The van der Waals surface area contributed by atoms with E-state index in [2.05, 4.69) is 11.4 Å². The summed E-state index contributed by atoms with van der Waals surface area (Å²) in [5.41, 5.74) is 2.58. The molecule has 0 fully saturated rings. The van der Waals surface area contributed by atoms with Gasteiger partial charge in [-0.05, 0) is 41.6 Å². The molecule has 0 atom stereocenters. The number of aromatic carboxylic acids is 1. The van der Waals surface area contributed by atoms with E-state index < -0.39 is 5.97 Å². The summed E-state index contributed by atoms with van der Waals surface area (Å²) in [4.78, 5) is 10.8. The maximum Gasteiger partial charge on any atom is 0.335 e. The fraction of sp³-hybridized carbons (Fsp3) is 0.154. The van der Waals surface area contributed by atoms with Gasteiger partial charge in [0.15, 0.2) is 0 Å². The highest BCUT2D eigenvalue weighted by molar-refractivity contribution is 8.00. The maximum atomic E-state index is 10.8. The van der Waals surface area contributed by atoms with Crippen LogP contribution in [0.3, 0.4) is 0 Å². The summed E-state index contributed by atoms with van der Waals surface area (Å²) in [6, 6.07) is 9.43. The first-order valence-electron chi connectivity index (χ1n) is 5.16. The minimum Gasteiger partial charge on any atom is -0.478 e. The molecule has 0 aliphatic heterocycles. The highest BCUT2D eigenvalue weighted by Crippen LogP contribution is 2.28. The van der Waals surface area contributed by atoms with Crippen molar-refractivity contribution in [3.63, 3.8) is 0 Å². The summed E-state index contributed by atoms with van der Waals surface area (Å²) in [5.74, 6) is 0.0113.